The summed E-state index contributed by atoms with van der Waals surface area (Å²) < 4.78 is 24.4. The highest BCUT2D eigenvalue weighted by molar-refractivity contribution is 5.51. The molecule has 0 atom stereocenters. The third-order valence-electron chi connectivity index (χ3n) is 2.81. The lowest BCUT2D eigenvalue weighted by Crippen LogP contribution is -2.06. The van der Waals surface area contributed by atoms with Crippen molar-refractivity contribution < 1.29 is 13.9 Å². The predicted octanol–water partition coefficient (Wildman–Crippen LogP) is 3.56. The maximum atomic E-state index is 13.4. The van der Waals surface area contributed by atoms with Crippen molar-refractivity contribution in [2.24, 2.45) is 0 Å². The minimum Gasteiger partial charge on any atom is -0.491 e. The summed E-state index contributed by atoms with van der Waals surface area (Å²) in [7, 11) is 0. The topological polar surface area (TPSA) is 44.5 Å². The second kappa shape index (κ2) is 6.80. The van der Waals surface area contributed by atoms with Crippen molar-refractivity contribution in [2.75, 3.05) is 18.9 Å². The number of halogens is 1. The largest absolute Gasteiger partial charge is 0.491 e. The lowest BCUT2D eigenvalue weighted by atomic mass is 10.2. The van der Waals surface area contributed by atoms with Gasteiger partial charge in [0.25, 0.3) is 0 Å². The smallest absolute Gasteiger partial charge is 0.165 e. The number of aryl methyl sites for hydroxylation is 1. The number of benzene rings is 2. The quantitative estimate of drug-likeness (QED) is 0.647. The fourth-order valence-electron chi connectivity index (χ4n) is 1.76. The summed E-state index contributed by atoms with van der Waals surface area (Å²) in [5, 5.41) is 0. The van der Waals surface area contributed by atoms with Crippen molar-refractivity contribution in [1.29, 1.82) is 0 Å². The molecule has 0 saturated heterocycles. The Kier molecular flexibility index (Phi) is 4.82. The second-order valence-corrected chi connectivity index (χ2v) is 4.52. The molecule has 20 heavy (non-hydrogen) atoms. The van der Waals surface area contributed by atoms with Gasteiger partial charge < -0.3 is 15.2 Å². The van der Waals surface area contributed by atoms with Crippen molar-refractivity contribution >= 4 is 5.69 Å². The molecule has 0 bridgehead atoms. The Morgan fingerprint density at radius 1 is 1.00 bits per heavy atom. The molecule has 0 aliphatic heterocycles. The minimum absolute atomic E-state index is 0.282. The summed E-state index contributed by atoms with van der Waals surface area (Å²) in [6.45, 7) is 2.77. The van der Waals surface area contributed by atoms with E-state index in [0.29, 0.717) is 31.1 Å². The Bertz CT molecular complexity index is 572. The highest BCUT2D eigenvalue weighted by Crippen LogP contribution is 2.20. The maximum absolute atomic E-state index is 13.4. The normalized spacial score (nSPS) is 10.3. The van der Waals surface area contributed by atoms with E-state index in [1.54, 1.807) is 18.2 Å². The van der Waals surface area contributed by atoms with Crippen LogP contribution in [0.5, 0.6) is 11.5 Å². The van der Waals surface area contributed by atoms with E-state index in [1.165, 1.54) is 6.07 Å². The van der Waals surface area contributed by atoms with Crippen LogP contribution in [-0.2, 0) is 0 Å². The van der Waals surface area contributed by atoms with Crippen LogP contribution in [0.3, 0.4) is 0 Å². The highest BCUT2D eigenvalue weighted by atomic mass is 19.1. The summed E-state index contributed by atoms with van der Waals surface area (Å²) in [5.74, 6) is 0.599. The molecule has 0 fully saturated rings. The van der Waals surface area contributed by atoms with Crippen LogP contribution in [0.15, 0.2) is 42.5 Å². The lowest BCUT2D eigenvalue weighted by molar-refractivity contribution is 0.242. The minimum atomic E-state index is -0.344. The monoisotopic (exact) mass is 275 g/mol. The third-order valence-corrected chi connectivity index (χ3v) is 2.81. The molecule has 0 spiro atoms. The summed E-state index contributed by atoms with van der Waals surface area (Å²) in [4.78, 5) is 0. The Morgan fingerprint density at radius 2 is 1.70 bits per heavy atom. The van der Waals surface area contributed by atoms with Crippen LogP contribution in [0.2, 0.25) is 0 Å². The number of rotatable bonds is 6. The van der Waals surface area contributed by atoms with Crippen LogP contribution >= 0.6 is 0 Å². The van der Waals surface area contributed by atoms with Gasteiger partial charge in [-0.1, -0.05) is 18.2 Å². The van der Waals surface area contributed by atoms with E-state index < -0.39 is 0 Å². The van der Waals surface area contributed by atoms with E-state index in [1.807, 2.05) is 25.1 Å². The summed E-state index contributed by atoms with van der Waals surface area (Å²) in [6, 6.07) is 12.1. The van der Waals surface area contributed by atoms with Crippen molar-refractivity contribution in [2.45, 2.75) is 13.3 Å². The van der Waals surface area contributed by atoms with Crippen molar-refractivity contribution in [3.63, 3.8) is 0 Å². The molecule has 106 valence electrons. The van der Waals surface area contributed by atoms with Crippen molar-refractivity contribution in [3.05, 3.63) is 53.8 Å². The second-order valence-electron chi connectivity index (χ2n) is 4.52. The maximum Gasteiger partial charge on any atom is 0.165 e. The first-order valence-corrected chi connectivity index (χ1v) is 6.53. The van der Waals surface area contributed by atoms with Gasteiger partial charge in [-0.25, -0.2) is 4.39 Å². The molecule has 0 radical (unpaired) electrons. The Morgan fingerprint density at radius 3 is 2.45 bits per heavy atom. The molecule has 0 heterocycles. The first kappa shape index (κ1) is 14.2. The Labute approximate surface area is 118 Å². The Balaban J connectivity index is 1.74. The van der Waals surface area contributed by atoms with Gasteiger partial charge in [-0.15, -0.1) is 0 Å². The van der Waals surface area contributed by atoms with Crippen molar-refractivity contribution in [3.8, 4) is 11.5 Å². The zero-order valence-corrected chi connectivity index (χ0v) is 11.4. The average molecular weight is 275 g/mol. The fourth-order valence-corrected chi connectivity index (χ4v) is 1.76. The number of anilines is 1. The molecule has 3 nitrogen and oxygen atoms in total. The van der Waals surface area contributed by atoms with Crippen LogP contribution in [0.4, 0.5) is 10.1 Å². The van der Waals surface area contributed by atoms with E-state index in [2.05, 4.69) is 0 Å². The van der Waals surface area contributed by atoms with E-state index in [4.69, 9.17) is 15.2 Å². The Hall–Kier alpha value is -2.23. The summed E-state index contributed by atoms with van der Waals surface area (Å²) in [5.41, 5.74) is 7.33. The van der Waals surface area contributed by atoms with Crippen LogP contribution < -0.4 is 15.2 Å². The summed E-state index contributed by atoms with van der Waals surface area (Å²) in [6.07, 6.45) is 0.654. The van der Waals surface area contributed by atoms with Gasteiger partial charge >= 0.3 is 0 Å². The van der Waals surface area contributed by atoms with Crippen LogP contribution in [0.1, 0.15) is 12.0 Å². The predicted molar refractivity (Wildman–Crippen MR) is 77.6 cm³/mol. The lowest BCUT2D eigenvalue weighted by Gasteiger charge is -2.10. The van der Waals surface area contributed by atoms with Gasteiger partial charge in [0, 0.05) is 6.42 Å². The molecular formula is C16H18FNO2. The molecule has 2 N–H and O–H groups in total. The first-order chi connectivity index (χ1) is 9.66. The van der Waals surface area contributed by atoms with Crippen LogP contribution in [-0.4, -0.2) is 13.2 Å². The van der Waals surface area contributed by atoms with Gasteiger partial charge in [-0.3, -0.25) is 0 Å². The van der Waals surface area contributed by atoms with E-state index in [0.717, 1.165) is 5.56 Å². The van der Waals surface area contributed by atoms with Gasteiger partial charge in [0.2, 0.25) is 0 Å². The number of nitrogens with two attached hydrogens (primary N) is 1. The molecule has 0 unspecified atom stereocenters. The zero-order valence-electron chi connectivity index (χ0n) is 11.4. The zero-order chi connectivity index (χ0) is 14.4. The highest BCUT2D eigenvalue weighted by Gasteiger charge is 2.03. The summed E-state index contributed by atoms with van der Waals surface area (Å²) >= 11 is 0. The molecular weight excluding hydrogens is 257 g/mol. The molecule has 0 saturated carbocycles. The van der Waals surface area contributed by atoms with E-state index >= 15 is 0 Å². The molecule has 4 heteroatoms. The number of para-hydroxylation sites is 2. The molecule has 0 aromatic heterocycles. The first-order valence-electron chi connectivity index (χ1n) is 6.53. The SMILES string of the molecule is Cc1ccc(F)c(OCCCOc2ccccc2N)c1. The van der Waals surface area contributed by atoms with Gasteiger partial charge in [0.1, 0.15) is 5.75 Å². The van der Waals surface area contributed by atoms with Gasteiger partial charge in [-0.05, 0) is 36.8 Å². The van der Waals surface area contributed by atoms with Gasteiger partial charge in [-0.2, -0.15) is 0 Å². The van der Waals surface area contributed by atoms with E-state index in [9.17, 15) is 4.39 Å². The number of ether oxygens (including phenoxy) is 2. The van der Waals surface area contributed by atoms with E-state index in [-0.39, 0.29) is 11.6 Å². The van der Waals surface area contributed by atoms with Gasteiger partial charge in [0.05, 0.1) is 18.9 Å². The molecule has 2 aromatic rings. The van der Waals surface area contributed by atoms with Crippen LogP contribution in [0.25, 0.3) is 0 Å². The third kappa shape index (κ3) is 3.88. The molecule has 0 amide bonds. The number of hydrogen-bond acceptors (Lipinski definition) is 3. The average Bonchev–Trinajstić information content (AvgIpc) is 2.44. The molecule has 2 aromatic carbocycles. The molecule has 0 aliphatic carbocycles. The molecule has 2 rings (SSSR count). The van der Waals surface area contributed by atoms with Crippen molar-refractivity contribution in [1.82, 2.24) is 0 Å². The fraction of sp³-hybridized carbons (Fsp3) is 0.250. The number of nitrogen functional groups attached to an aromatic ring is 1. The molecule has 0 aliphatic rings. The standard InChI is InChI=1S/C16H18FNO2/c1-12-7-8-13(17)16(11-12)20-10-4-9-19-15-6-3-2-5-14(15)18/h2-3,5-8,11H,4,9-10,18H2,1H3. The number of hydrogen-bond donors (Lipinski definition) is 1. The van der Waals surface area contributed by atoms with Gasteiger partial charge in [0.15, 0.2) is 11.6 Å². The van der Waals surface area contributed by atoms with Crippen LogP contribution in [0, 0.1) is 12.7 Å².